The van der Waals surface area contributed by atoms with Gasteiger partial charge in [0.05, 0.1) is 6.10 Å². The molecule has 4 atom stereocenters. The summed E-state index contributed by atoms with van der Waals surface area (Å²) in [7, 11) is 0. The van der Waals surface area contributed by atoms with Crippen LogP contribution in [0.3, 0.4) is 0 Å². The summed E-state index contributed by atoms with van der Waals surface area (Å²) in [6, 6.07) is -1.05. The molecule has 1 unspecified atom stereocenters. The fraction of sp³-hybridized carbons (Fsp3) is 0.792. The maximum absolute atomic E-state index is 13.2. The van der Waals surface area contributed by atoms with E-state index in [9.17, 15) is 14.4 Å². The lowest BCUT2D eigenvalue weighted by molar-refractivity contribution is -0.160. The molecule has 32 heavy (non-hydrogen) atoms. The van der Waals surface area contributed by atoms with E-state index in [2.05, 4.69) is 5.32 Å². The van der Waals surface area contributed by atoms with Crippen molar-refractivity contribution in [1.82, 2.24) is 10.2 Å². The van der Waals surface area contributed by atoms with Gasteiger partial charge >= 0.3 is 12.1 Å². The Kier molecular flexibility index (Phi) is 10.2. The minimum Gasteiger partial charge on any atom is -0.458 e. The molecule has 184 valence electrons. The van der Waals surface area contributed by atoms with Crippen molar-refractivity contribution in [2.45, 2.75) is 111 Å². The van der Waals surface area contributed by atoms with Crippen molar-refractivity contribution in [2.24, 2.45) is 5.92 Å². The lowest BCUT2D eigenvalue weighted by Gasteiger charge is -2.35. The molecule has 2 amide bonds. The molecule has 1 aliphatic heterocycles. The van der Waals surface area contributed by atoms with Crippen molar-refractivity contribution in [1.29, 1.82) is 0 Å². The fourth-order valence-electron chi connectivity index (χ4n) is 3.75. The second-order valence-electron chi connectivity index (χ2n) is 10.2. The third kappa shape index (κ3) is 9.18. The first-order valence-electron chi connectivity index (χ1n) is 11.4. The van der Waals surface area contributed by atoms with E-state index >= 15 is 0 Å². The van der Waals surface area contributed by atoms with Gasteiger partial charge in [-0.15, -0.1) is 0 Å². The summed E-state index contributed by atoms with van der Waals surface area (Å²) < 4.78 is 17.2. The Balaban J connectivity index is 3.23. The highest BCUT2D eigenvalue weighted by Gasteiger charge is 2.49. The number of esters is 1. The van der Waals surface area contributed by atoms with Gasteiger partial charge in [0.25, 0.3) is 0 Å². The second-order valence-corrected chi connectivity index (χ2v) is 10.2. The van der Waals surface area contributed by atoms with E-state index in [1.807, 2.05) is 46.8 Å². The number of ether oxygens (including phenoxy) is 3. The van der Waals surface area contributed by atoms with Gasteiger partial charge in [0.1, 0.15) is 24.0 Å². The number of carbonyl (C=O) groups is 3. The molecule has 1 heterocycles. The number of carbonyl (C=O) groups excluding carboxylic acids is 3. The van der Waals surface area contributed by atoms with E-state index in [1.54, 1.807) is 20.8 Å². The SMILES string of the molecule is CC=C[C@@H]1C[C@H](C(=O)OC(C)(C)C)N(C(=O)OC(C)(C)C)[C@@H]1CC(CC)OCNC(C)=O. The Hall–Kier alpha value is -2.09. The van der Waals surface area contributed by atoms with Crippen molar-refractivity contribution in [3.63, 3.8) is 0 Å². The molecule has 1 aliphatic rings. The Labute approximate surface area is 193 Å². The average molecular weight is 455 g/mol. The lowest BCUT2D eigenvalue weighted by atomic mass is 9.93. The molecule has 0 saturated carbocycles. The molecule has 1 N–H and O–H groups in total. The maximum Gasteiger partial charge on any atom is 0.411 e. The van der Waals surface area contributed by atoms with Gasteiger partial charge in [0.2, 0.25) is 5.91 Å². The van der Waals surface area contributed by atoms with Crippen LogP contribution >= 0.6 is 0 Å². The number of allylic oxidation sites excluding steroid dienone is 1. The predicted octanol–water partition coefficient (Wildman–Crippen LogP) is 4.18. The quantitative estimate of drug-likeness (QED) is 0.336. The molecule has 0 spiro atoms. The van der Waals surface area contributed by atoms with Crippen LogP contribution < -0.4 is 5.32 Å². The summed E-state index contributed by atoms with van der Waals surface area (Å²) in [5, 5.41) is 2.63. The van der Waals surface area contributed by atoms with E-state index in [4.69, 9.17) is 14.2 Å². The highest BCUT2D eigenvalue weighted by Crippen LogP contribution is 2.37. The highest BCUT2D eigenvalue weighted by atomic mass is 16.6. The topological polar surface area (TPSA) is 94.2 Å². The predicted molar refractivity (Wildman–Crippen MR) is 123 cm³/mol. The molecule has 1 rings (SSSR count). The van der Waals surface area contributed by atoms with Crippen LogP contribution in [-0.2, 0) is 23.8 Å². The molecule has 1 saturated heterocycles. The number of nitrogens with one attached hydrogen (secondary N) is 1. The van der Waals surface area contributed by atoms with Crippen molar-refractivity contribution in [2.75, 3.05) is 6.73 Å². The first-order chi connectivity index (χ1) is 14.7. The van der Waals surface area contributed by atoms with Gasteiger partial charge in [0.15, 0.2) is 0 Å². The molecule has 0 bridgehead atoms. The Morgan fingerprint density at radius 1 is 1.09 bits per heavy atom. The van der Waals surface area contributed by atoms with Gasteiger partial charge in [-0.1, -0.05) is 19.1 Å². The molecule has 0 aromatic rings. The van der Waals surface area contributed by atoms with E-state index in [0.717, 1.165) is 0 Å². The number of hydrogen-bond donors (Lipinski definition) is 1. The number of nitrogens with zero attached hydrogens (tertiary/aromatic N) is 1. The van der Waals surface area contributed by atoms with Crippen LogP contribution in [-0.4, -0.2) is 59.0 Å². The summed E-state index contributed by atoms with van der Waals surface area (Å²) >= 11 is 0. The maximum atomic E-state index is 13.2. The average Bonchev–Trinajstić information content (AvgIpc) is 2.96. The van der Waals surface area contributed by atoms with Crippen molar-refractivity contribution >= 4 is 18.0 Å². The van der Waals surface area contributed by atoms with Crippen molar-refractivity contribution in [3.8, 4) is 0 Å². The smallest absolute Gasteiger partial charge is 0.411 e. The largest absolute Gasteiger partial charge is 0.458 e. The number of amides is 2. The molecule has 0 aliphatic carbocycles. The zero-order chi connectivity index (χ0) is 24.7. The Bertz CT molecular complexity index is 677. The van der Waals surface area contributed by atoms with Gasteiger partial charge < -0.3 is 19.5 Å². The first kappa shape index (κ1) is 27.9. The fourth-order valence-corrected chi connectivity index (χ4v) is 3.75. The van der Waals surface area contributed by atoms with Crippen LogP contribution in [0.5, 0.6) is 0 Å². The minimum absolute atomic E-state index is 0.0524. The molecule has 0 aromatic heterocycles. The summed E-state index contributed by atoms with van der Waals surface area (Å²) in [6.07, 6.45) is 4.85. The van der Waals surface area contributed by atoms with Gasteiger partial charge in [0, 0.05) is 18.9 Å². The van der Waals surface area contributed by atoms with E-state index in [-0.39, 0.29) is 30.7 Å². The molecule has 8 heteroatoms. The third-order valence-corrected chi connectivity index (χ3v) is 5.01. The molecule has 1 fully saturated rings. The Morgan fingerprint density at radius 2 is 1.69 bits per heavy atom. The third-order valence-electron chi connectivity index (χ3n) is 5.01. The molecule has 8 nitrogen and oxygen atoms in total. The minimum atomic E-state index is -0.747. The standard InChI is InChI=1S/C24H42N2O6/c1-10-12-17-13-20(21(28)31-23(4,5)6)26(22(29)32-24(7,8)9)19(17)14-18(11-2)30-15-25-16(3)27/h10,12,17-20H,11,13-15H2,1-9H3,(H,25,27)/t17-,18?,19-,20-/m1/s1. The normalized spacial score (nSPS) is 22.7. The van der Waals surface area contributed by atoms with Crippen LogP contribution in [0, 0.1) is 5.92 Å². The Morgan fingerprint density at radius 3 is 2.16 bits per heavy atom. The summed E-state index contributed by atoms with van der Waals surface area (Å²) in [5.74, 6) is -0.663. The second kappa shape index (κ2) is 11.7. The van der Waals surface area contributed by atoms with Gasteiger partial charge in [-0.2, -0.15) is 0 Å². The lowest BCUT2D eigenvalue weighted by Crippen LogP contribution is -2.50. The number of hydrogen-bond acceptors (Lipinski definition) is 6. The van der Waals surface area contributed by atoms with Gasteiger partial charge in [-0.25, -0.2) is 9.59 Å². The van der Waals surface area contributed by atoms with Crippen LogP contribution in [0.15, 0.2) is 12.2 Å². The van der Waals surface area contributed by atoms with E-state index in [0.29, 0.717) is 19.3 Å². The number of rotatable bonds is 8. The number of likely N-dealkylation sites (tertiary alicyclic amines) is 1. The molecule has 0 aromatic carbocycles. The first-order valence-corrected chi connectivity index (χ1v) is 11.4. The molecular weight excluding hydrogens is 412 g/mol. The van der Waals surface area contributed by atoms with Crippen molar-refractivity contribution in [3.05, 3.63) is 12.2 Å². The van der Waals surface area contributed by atoms with Gasteiger partial charge in [-0.3, -0.25) is 9.69 Å². The summed E-state index contributed by atoms with van der Waals surface area (Å²) in [4.78, 5) is 39.0. The van der Waals surface area contributed by atoms with Crippen LogP contribution in [0.4, 0.5) is 4.79 Å². The molecular formula is C24H42N2O6. The van der Waals surface area contributed by atoms with Crippen LogP contribution in [0.2, 0.25) is 0 Å². The van der Waals surface area contributed by atoms with E-state index in [1.165, 1.54) is 11.8 Å². The summed E-state index contributed by atoms with van der Waals surface area (Å²) in [5.41, 5.74) is -1.37. The van der Waals surface area contributed by atoms with Crippen LogP contribution in [0.25, 0.3) is 0 Å². The summed E-state index contributed by atoms with van der Waals surface area (Å²) in [6.45, 7) is 16.2. The zero-order valence-electron chi connectivity index (χ0n) is 21.2. The van der Waals surface area contributed by atoms with Crippen molar-refractivity contribution < 1.29 is 28.6 Å². The van der Waals surface area contributed by atoms with Gasteiger partial charge in [-0.05, 0) is 67.7 Å². The van der Waals surface area contributed by atoms with E-state index < -0.39 is 29.3 Å². The monoisotopic (exact) mass is 454 g/mol. The molecule has 0 radical (unpaired) electrons. The van der Waals surface area contributed by atoms with Crippen LogP contribution in [0.1, 0.15) is 81.6 Å². The zero-order valence-corrected chi connectivity index (χ0v) is 21.2. The highest BCUT2D eigenvalue weighted by molar-refractivity contribution is 5.83.